The summed E-state index contributed by atoms with van der Waals surface area (Å²) in [4.78, 5) is 30.7. The highest BCUT2D eigenvalue weighted by molar-refractivity contribution is 7.98. The number of thioether (sulfide) groups is 1. The summed E-state index contributed by atoms with van der Waals surface area (Å²) in [6.45, 7) is 0.422. The fourth-order valence-electron chi connectivity index (χ4n) is 3.59. The Labute approximate surface area is 203 Å². The molecule has 0 radical (unpaired) electrons. The third kappa shape index (κ3) is 5.04. The molecule has 0 spiro atoms. The first-order chi connectivity index (χ1) is 17.1. The van der Waals surface area contributed by atoms with Crippen LogP contribution in [0.3, 0.4) is 0 Å². The van der Waals surface area contributed by atoms with Crippen molar-refractivity contribution in [1.29, 1.82) is 0 Å². The third-order valence-electron chi connectivity index (χ3n) is 5.39. The maximum absolute atomic E-state index is 14.2. The Hall–Kier alpha value is -4.11. The van der Waals surface area contributed by atoms with E-state index in [0.717, 1.165) is 0 Å². The Balaban J connectivity index is 1.49. The molecule has 0 fully saturated rings. The number of amides is 1. The van der Waals surface area contributed by atoms with E-state index in [1.165, 1.54) is 34.9 Å². The zero-order valence-corrected chi connectivity index (χ0v) is 19.3. The van der Waals surface area contributed by atoms with Crippen molar-refractivity contribution in [2.75, 3.05) is 0 Å². The molecule has 0 bridgehead atoms. The highest BCUT2D eigenvalue weighted by atomic mass is 32.2. The quantitative estimate of drug-likeness (QED) is 0.244. The zero-order valence-electron chi connectivity index (χ0n) is 18.4. The molecule has 3 aromatic heterocycles. The van der Waals surface area contributed by atoms with Crippen LogP contribution in [-0.4, -0.2) is 15.5 Å². The number of rotatable bonds is 8. The third-order valence-corrected chi connectivity index (χ3v) is 6.42. The predicted octanol–water partition coefficient (Wildman–Crippen LogP) is 4.99. The number of fused-ring (bicyclic) bond motifs is 1. The Kier molecular flexibility index (Phi) is 6.49. The number of benzene rings is 2. The van der Waals surface area contributed by atoms with Gasteiger partial charge in [-0.1, -0.05) is 30.0 Å². The van der Waals surface area contributed by atoms with Crippen LogP contribution in [0.5, 0.6) is 0 Å². The van der Waals surface area contributed by atoms with Crippen molar-refractivity contribution in [3.8, 4) is 0 Å². The van der Waals surface area contributed by atoms with Gasteiger partial charge in [-0.15, -0.1) is 0 Å². The van der Waals surface area contributed by atoms with E-state index in [1.807, 2.05) is 0 Å². The molecule has 2 aromatic carbocycles. The molecule has 0 unspecified atom stereocenters. The molecular formula is C26H20FN3O4S. The van der Waals surface area contributed by atoms with E-state index in [0.29, 0.717) is 38.7 Å². The number of furan rings is 2. The zero-order chi connectivity index (χ0) is 24.2. The SMILES string of the molecule is O=C(NCc1ccco1)c1ccc2c(=O)n(Cc3ccco3)c(SCc3ccccc3F)nc2c1. The van der Waals surface area contributed by atoms with Crippen LogP contribution in [0.25, 0.3) is 10.9 Å². The number of carbonyl (C=O) groups is 1. The summed E-state index contributed by atoms with van der Waals surface area (Å²) in [5.41, 5.74) is 0.976. The molecule has 0 saturated carbocycles. The molecule has 0 aliphatic rings. The van der Waals surface area contributed by atoms with Crippen molar-refractivity contribution in [2.24, 2.45) is 0 Å². The van der Waals surface area contributed by atoms with Crippen LogP contribution >= 0.6 is 11.8 Å². The molecule has 1 amide bonds. The summed E-state index contributed by atoms with van der Waals surface area (Å²) in [6.07, 6.45) is 3.07. The van der Waals surface area contributed by atoms with Gasteiger partial charge in [-0.25, -0.2) is 9.37 Å². The molecule has 35 heavy (non-hydrogen) atoms. The van der Waals surface area contributed by atoms with Gasteiger partial charge in [-0.3, -0.25) is 14.2 Å². The number of hydrogen-bond donors (Lipinski definition) is 1. The number of nitrogens with one attached hydrogen (secondary N) is 1. The molecule has 1 N–H and O–H groups in total. The molecule has 9 heteroatoms. The first-order valence-corrected chi connectivity index (χ1v) is 11.8. The van der Waals surface area contributed by atoms with Crippen molar-refractivity contribution in [1.82, 2.24) is 14.9 Å². The Morgan fingerprint density at radius 3 is 2.51 bits per heavy atom. The maximum Gasteiger partial charge on any atom is 0.262 e. The van der Waals surface area contributed by atoms with Crippen LogP contribution in [0.4, 0.5) is 4.39 Å². The first-order valence-electron chi connectivity index (χ1n) is 10.8. The Bertz CT molecular complexity index is 1530. The van der Waals surface area contributed by atoms with Crippen molar-refractivity contribution < 1.29 is 18.0 Å². The van der Waals surface area contributed by atoms with Gasteiger partial charge < -0.3 is 14.2 Å². The average Bonchev–Trinajstić information content (AvgIpc) is 3.58. The first kappa shape index (κ1) is 22.7. The second-order valence-corrected chi connectivity index (χ2v) is 8.68. The van der Waals surface area contributed by atoms with Crippen molar-refractivity contribution in [3.05, 3.63) is 118 Å². The normalized spacial score (nSPS) is 11.1. The summed E-state index contributed by atoms with van der Waals surface area (Å²) >= 11 is 1.25. The summed E-state index contributed by atoms with van der Waals surface area (Å²) < 4.78 is 26.4. The Morgan fingerprint density at radius 1 is 1.00 bits per heavy atom. The number of aromatic nitrogens is 2. The van der Waals surface area contributed by atoms with Crippen molar-refractivity contribution >= 4 is 28.6 Å². The lowest BCUT2D eigenvalue weighted by atomic mass is 10.1. The minimum atomic E-state index is -0.323. The molecule has 5 rings (SSSR count). The van der Waals surface area contributed by atoms with Gasteiger partial charge in [0.1, 0.15) is 17.3 Å². The second-order valence-electron chi connectivity index (χ2n) is 7.74. The Morgan fingerprint density at radius 2 is 1.77 bits per heavy atom. The minimum absolute atomic E-state index is 0.180. The largest absolute Gasteiger partial charge is 0.467 e. The topological polar surface area (TPSA) is 90.3 Å². The van der Waals surface area contributed by atoms with E-state index >= 15 is 0 Å². The fourth-order valence-corrected chi connectivity index (χ4v) is 4.58. The predicted molar refractivity (Wildman–Crippen MR) is 130 cm³/mol. The fraction of sp³-hybridized carbons (Fsp3) is 0.115. The van der Waals surface area contributed by atoms with E-state index < -0.39 is 0 Å². The molecule has 0 saturated heterocycles. The van der Waals surface area contributed by atoms with E-state index in [1.54, 1.807) is 60.7 Å². The summed E-state index contributed by atoms with van der Waals surface area (Å²) in [5.74, 6) is 0.869. The van der Waals surface area contributed by atoms with Crippen LogP contribution in [-0.2, 0) is 18.8 Å². The van der Waals surface area contributed by atoms with E-state index in [4.69, 9.17) is 8.83 Å². The lowest BCUT2D eigenvalue weighted by Gasteiger charge is -2.13. The van der Waals surface area contributed by atoms with Crippen LogP contribution < -0.4 is 10.9 Å². The number of hydrogen-bond acceptors (Lipinski definition) is 6. The second kappa shape index (κ2) is 10.0. The highest BCUT2D eigenvalue weighted by Crippen LogP contribution is 2.24. The van der Waals surface area contributed by atoms with Gasteiger partial charge in [0.15, 0.2) is 5.16 Å². The van der Waals surface area contributed by atoms with Gasteiger partial charge in [-0.05, 0) is 54.1 Å². The maximum atomic E-state index is 14.2. The van der Waals surface area contributed by atoms with Crippen molar-refractivity contribution in [2.45, 2.75) is 24.0 Å². The van der Waals surface area contributed by atoms with Gasteiger partial charge in [0.25, 0.3) is 11.5 Å². The van der Waals surface area contributed by atoms with Crippen LogP contribution in [0.15, 0.2) is 98.0 Å². The van der Waals surface area contributed by atoms with Gasteiger partial charge in [0, 0.05) is 11.3 Å². The molecule has 0 aliphatic heterocycles. The standard InChI is InChI=1S/C26H20FN3O4S/c27-22-8-2-1-5-18(22)16-35-26-29-23-13-17(24(31)28-14-19-6-3-11-33-19)9-10-21(23)25(32)30(26)15-20-7-4-12-34-20/h1-13H,14-16H2,(H,28,31). The van der Waals surface area contributed by atoms with Gasteiger partial charge in [0.05, 0.1) is 36.5 Å². The number of halogens is 1. The summed E-state index contributed by atoms with van der Waals surface area (Å²) in [6, 6.07) is 18.3. The molecular weight excluding hydrogens is 469 g/mol. The lowest BCUT2D eigenvalue weighted by Crippen LogP contribution is -2.25. The van der Waals surface area contributed by atoms with E-state index in [9.17, 15) is 14.0 Å². The summed E-state index contributed by atoms with van der Waals surface area (Å²) in [7, 11) is 0. The molecule has 3 heterocycles. The molecule has 0 aliphatic carbocycles. The molecule has 7 nitrogen and oxygen atoms in total. The number of nitrogens with zero attached hydrogens (tertiary/aromatic N) is 2. The van der Waals surface area contributed by atoms with Gasteiger partial charge >= 0.3 is 0 Å². The monoisotopic (exact) mass is 489 g/mol. The van der Waals surface area contributed by atoms with Gasteiger partial charge in [-0.2, -0.15) is 0 Å². The minimum Gasteiger partial charge on any atom is -0.467 e. The van der Waals surface area contributed by atoms with Crippen LogP contribution in [0, 0.1) is 5.82 Å². The van der Waals surface area contributed by atoms with Crippen LogP contribution in [0.1, 0.15) is 27.4 Å². The van der Waals surface area contributed by atoms with E-state index in [2.05, 4.69) is 10.3 Å². The summed E-state index contributed by atoms with van der Waals surface area (Å²) in [5, 5.41) is 3.55. The van der Waals surface area contributed by atoms with E-state index in [-0.39, 0.29) is 36.1 Å². The number of carbonyl (C=O) groups excluding carboxylic acids is 1. The lowest BCUT2D eigenvalue weighted by molar-refractivity contribution is 0.0948. The highest BCUT2D eigenvalue weighted by Gasteiger charge is 2.16. The van der Waals surface area contributed by atoms with Crippen molar-refractivity contribution in [3.63, 3.8) is 0 Å². The molecule has 5 aromatic rings. The smallest absolute Gasteiger partial charge is 0.262 e. The molecule has 176 valence electrons. The van der Waals surface area contributed by atoms with Crippen LogP contribution in [0.2, 0.25) is 0 Å². The molecule has 0 atom stereocenters. The van der Waals surface area contributed by atoms with Gasteiger partial charge in [0.2, 0.25) is 0 Å². The average molecular weight is 490 g/mol.